The van der Waals surface area contributed by atoms with Crippen LogP contribution in [0.5, 0.6) is 0 Å². The van der Waals surface area contributed by atoms with E-state index in [9.17, 15) is 0 Å². The maximum absolute atomic E-state index is 4.77. The fourth-order valence-electron chi connectivity index (χ4n) is 15.9. The minimum Gasteiger partial charge on any atom is -0.328 e. The molecule has 0 amide bonds. The summed E-state index contributed by atoms with van der Waals surface area (Å²) in [4.78, 5) is 25.6. The molecular formula is C89H107B4N14+3. The van der Waals surface area contributed by atoms with Crippen molar-refractivity contribution in [3.8, 4) is 16.8 Å². The standard InChI is InChI=1S/C25H28BN5.C24H29BN3.C23H27BN3.C17H23BN3/c1-18-30(19-11-7-6-8-12-19)23-24(28-16-15-27-23)31(18)29-17-21(25(2,3)4)20-13-9-10-14-22(20)26(29)5;1-18-26(6)23(17-27(18)19-12-8-7-9-13-19)28-16-21(24(2,3)4)20-14-10-11-15-22(20)25(28)5;1-23(2,3)21-17-26(24(4)22-14-10-9-13-20(21)22)27-16-19(15-25(27)5)18-11-7-6-8-12-18;1-17(2,3)15-13-20(21-12-8-11-19(21)5)18(4)16-10-7-6-9-14(15)16/h6-18H,1-5H3;7-17H,1-6H3;6-17H,1-5H3;6-13H,1-5H3/q;3*+1/t18-;;;/m0.../s1. The highest BCUT2D eigenvalue weighted by Gasteiger charge is 2.46. The van der Waals surface area contributed by atoms with Crippen LogP contribution in [-0.2, 0) is 21.1 Å². The van der Waals surface area contributed by atoms with Gasteiger partial charge in [0.05, 0.1) is 31.8 Å². The smallest absolute Gasteiger partial charge is 0.328 e. The first-order valence-electron chi connectivity index (χ1n) is 38.1. The predicted octanol–water partition coefficient (Wildman–Crippen LogP) is 15.3. The Morgan fingerprint density at radius 2 is 0.785 bits per heavy atom. The second-order valence-corrected chi connectivity index (χ2v) is 33.3. The number of imidazole rings is 1. The van der Waals surface area contributed by atoms with Gasteiger partial charge in [0.15, 0.2) is 11.6 Å². The van der Waals surface area contributed by atoms with Gasteiger partial charge in [-0.1, -0.05) is 263 Å². The molecule has 0 saturated heterocycles. The van der Waals surface area contributed by atoms with Gasteiger partial charge in [0.25, 0.3) is 0 Å². The van der Waals surface area contributed by atoms with E-state index in [0.29, 0.717) is 6.85 Å². The Hall–Kier alpha value is -10.7. The molecular weight excluding hydrogens is 1310 g/mol. The van der Waals surface area contributed by atoms with Crippen molar-refractivity contribution in [3.63, 3.8) is 0 Å². The summed E-state index contributed by atoms with van der Waals surface area (Å²) in [7, 11) is 6.32. The molecule has 0 saturated carbocycles. The highest BCUT2D eigenvalue weighted by molar-refractivity contribution is 6.78. The fraction of sp³-hybridized carbons (Fsp3) is 0.292. The number of hydrazine groups is 1. The molecule has 18 heteroatoms. The highest BCUT2D eigenvalue weighted by Crippen LogP contribution is 2.46. The van der Waals surface area contributed by atoms with Crippen LogP contribution in [0.25, 0.3) is 39.1 Å². The van der Waals surface area contributed by atoms with Crippen molar-refractivity contribution in [1.29, 1.82) is 0 Å². The number of aryl methyl sites for hydroxylation is 2. The summed E-state index contributed by atoms with van der Waals surface area (Å²) >= 11 is 0. The minimum atomic E-state index is 0.0156. The van der Waals surface area contributed by atoms with E-state index in [2.05, 4.69) is 447 Å². The number of benzene rings is 7. The Balaban J connectivity index is 0.000000127. The van der Waals surface area contributed by atoms with E-state index in [1.54, 1.807) is 12.4 Å². The highest BCUT2D eigenvalue weighted by atomic mass is 15.7. The lowest BCUT2D eigenvalue weighted by Crippen LogP contribution is -2.59. The molecule has 0 aliphatic carbocycles. The lowest BCUT2D eigenvalue weighted by molar-refractivity contribution is -0.751. The molecule has 107 heavy (non-hydrogen) atoms. The summed E-state index contributed by atoms with van der Waals surface area (Å²) in [6.07, 6.45) is 23.7. The Morgan fingerprint density at radius 1 is 0.393 bits per heavy atom. The van der Waals surface area contributed by atoms with Crippen LogP contribution in [0.2, 0.25) is 27.3 Å². The second kappa shape index (κ2) is 29.5. The van der Waals surface area contributed by atoms with Crippen LogP contribution in [0.1, 0.15) is 118 Å². The van der Waals surface area contributed by atoms with Gasteiger partial charge in [0.2, 0.25) is 11.6 Å². The van der Waals surface area contributed by atoms with Gasteiger partial charge < -0.3 is 14.6 Å². The van der Waals surface area contributed by atoms with Gasteiger partial charge in [0, 0.05) is 60.2 Å². The van der Waals surface area contributed by atoms with Crippen LogP contribution in [0.3, 0.4) is 0 Å². The van der Waals surface area contributed by atoms with Gasteiger partial charge >= 0.3 is 27.4 Å². The number of rotatable bonds is 7. The van der Waals surface area contributed by atoms with E-state index in [0.717, 1.165) is 17.3 Å². The second-order valence-electron chi connectivity index (χ2n) is 33.3. The van der Waals surface area contributed by atoms with Crippen LogP contribution in [0, 0.1) is 28.6 Å². The molecule has 0 radical (unpaired) electrons. The molecule has 0 N–H and O–H groups in total. The average Bonchev–Trinajstić information content (AvgIpc) is 1.24. The first-order chi connectivity index (χ1) is 50.9. The molecule has 9 heterocycles. The Kier molecular flexibility index (Phi) is 20.6. The average molecular weight is 1420 g/mol. The molecule has 16 rings (SSSR count). The van der Waals surface area contributed by atoms with Crippen molar-refractivity contribution in [2.24, 2.45) is 42.8 Å². The largest absolute Gasteiger partial charge is 0.432 e. The zero-order valence-electron chi connectivity index (χ0n) is 67.0. The Bertz CT molecular complexity index is 5140. The molecule has 542 valence electrons. The van der Waals surface area contributed by atoms with Crippen LogP contribution in [0.4, 0.5) is 23.1 Å². The molecule has 4 aromatic heterocycles. The molecule has 0 fully saturated rings. The summed E-state index contributed by atoms with van der Waals surface area (Å²) in [5.41, 5.74) is 21.4. The minimum absolute atomic E-state index is 0.0156. The van der Waals surface area contributed by atoms with Crippen LogP contribution >= 0.6 is 0 Å². The van der Waals surface area contributed by atoms with E-state index in [-0.39, 0.29) is 48.4 Å². The lowest BCUT2D eigenvalue weighted by atomic mass is 9.52. The van der Waals surface area contributed by atoms with Crippen molar-refractivity contribution in [3.05, 3.63) is 290 Å². The van der Waals surface area contributed by atoms with Crippen LogP contribution in [0.15, 0.2) is 262 Å². The van der Waals surface area contributed by atoms with Crippen molar-refractivity contribution in [2.75, 3.05) is 24.6 Å². The number of para-hydroxylation sites is 2. The van der Waals surface area contributed by atoms with Gasteiger partial charge in [-0.15, -0.1) is 0 Å². The number of hydrogen-bond donors (Lipinski definition) is 0. The zero-order valence-corrected chi connectivity index (χ0v) is 67.0. The number of hydrogen-bond acceptors (Lipinski definition) is 8. The molecule has 7 aromatic carbocycles. The summed E-state index contributed by atoms with van der Waals surface area (Å²) < 4.78 is 8.81. The monoisotopic (exact) mass is 1420 g/mol. The Labute approximate surface area is 638 Å². The van der Waals surface area contributed by atoms with Crippen molar-refractivity contribution >= 4 is 94.7 Å². The van der Waals surface area contributed by atoms with E-state index < -0.39 is 0 Å². The van der Waals surface area contributed by atoms with Crippen molar-refractivity contribution in [2.45, 2.75) is 130 Å². The lowest BCUT2D eigenvalue weighted by Gasteiger charge is -2.44. The van der Waals surface area contributed by atoms with E-state index in [1.165, 1.54) is 94.9 Å². The van der Waals surface area contributed by atoms with Gasteiger partial charge in [-0.25, -0.2) is 28.9 Å². The van der Waals surface area contributed by atoms with Gasteiger partial charge in [-0.2, -0.15) is 9.36 Å². The van der Waals surface area contributed by atoms with Gasteiger partial charge in [-0.3, -0.25) is 5.01 Å². The predicted molar refractivity (Wildman–Crippen MR) is 452 cm³/mol. The first kappa shape index (κ1) is 74.5. The Morgan fingerprint density at radius 3 is 1.24 bits per heavy atom. The molecule has 14 nitrogen and oxygen atoms in total. The summed E-state index contributed by atoms with van der Waals surface area (Å²) in [5, 5.41) is 2.29. The zero-order chi connectivity index (χ0) is 76.2. The normalized spacial score (nSPS) is 15.5. The quantitative estimate of drug-likeness (QED) is 0.115. The molecule has 0 bridgehead atoms. The SMILES string of the molecule is CB1c2ccccc2C(C(C)(C)C)=CN1N1c2nccnc2N(c2ccccc2)[C@@H]1C.CB1c2ccccc2C(C(C)(C)C)=CN1c1cn(-c2ccccc2)c(C)[n+]1C.CB1c2ccccc2C(C(C)(C)C)=CN1n1cc(-c2ccccc2)c[n+]1C.CB1c2ccccc2C(C(C)(C)C)=CN1n1ccc[n+]1C. The van der Waals surface area contributed by atoms with Crippen molar-refractivity contribution < 1.29 is 13.9 Å². The third kappa shape index (κ3) is 14.6. The van der Waals surface area contributed by atoms with E-state index in [1.807, 2.05) is 6.07 Å². The van der Waals surface area contributed by atoms with E-state index >= 15 is 0 Å². The number of aromatic nitrogens is 8. The summed E-state index contributed by atoms with van der Waals surface area (Å²) in [6, 6.07) is 68.8. The topological polar surface area (TPSA) is 71.7 Å². The third-order valence-corrected chi connectivity index (χ3v) is 21.9. The fourth-order valence-corrected chi connectivity index (χ4v) is 15.9. The number of allylic oxidation sites excluding steroid dienone is 4. The molecule has 0 unspecified atom stereocenters. The number of anilines is 4. The van der Waals surface area contributed by atoms with Gasteiger partial charge in [-0.05, 0) is 134 Å². The molecule has 1 atom stereocenters. The number of nitrogens with zero attached hydrogens (tertiary/aromatic N) is 14. The van der Waals surface area contributed by atoms with Gasteiger partial charge in [0.1, 0.15) is 44.5 Å². The van der Waals surface area contributed by atoms with Crippen LogP contribution < -0.4 is 60.3 Å². The third-order valence-electron chi connectivity index (χ3n) is 21.9. The summed E-state index contributed by atoms with van der Waals surface area (Å²) in [6.45, 7) is 41.9. The maximum Gasteiger partial charge on any atom is 0.432 e. The molecule has 5 aliphatic rings. The molecule has 0 spiro atoms. The van der Waals surface area contributed by atoms with E-state index in [4.69, 9.17) is 9.97 Å². The summed E-state index contributed by atoms with van der Waals surface area (Å²) in [5.74, 6) is 4.18. The number of fused-ring (bicyclic) bond motifs is 5. The molecule has 5 aliphatic heterocycles. The van der Waals surface area contributed by atoms with Crippen LogP contribution in [-0.4, -0.2) is 62.6 Å². The first-order valence-corrected chi connectivity index (χ1v) is 38.1. The molecule has 11 aromatic rings. The maximum atomic E-state index is 4.77. The van der Waals surface area contributed by atoms with Crippen molar-refractivity contribution in [1.82, 2.24) is 29.0 Å².